The number of pyridine rings is 1. The first-order valence-electron chi connectivity index (χ1n) is 5.77. The molecule has 4 nitrogen and oxygen atoms in total. The third kappa shape index (κ3) is 3.32. The molecule has 0 bridgehead atoms. The molecule has 2 N–H and O–H groups in total. The van der Waals surface area contributed by atoms with Crippen molar-refractivity contribution < 1.29 is 4.79 Å². The molecule has 0 atom stereocenters. The van der Waals surface area contributed by atoms with E-state index in [9.17, 15) is 4.79 Å². The molecule has 1 aromatic carbocycles. The second kappa shape index (κ2) is 5.84. The minimum atomic E-state index is -0.103. The molecule has 19 heavy (non-hydrogen) atoms. The number of halogens is 1. The molecule has 0 aliphatic rings. The van der Waals surface area contributed by atoms with Crippen molar-refractivity contribution in [3.63, 3.8) is 0 Å². The second-order valence-corrected chi connectivity index (χ2v) is 5.17. The van der Waals surface area contributed by atoms with E-state index in [0.29, 0.717) is 17.8 Å². The van der Waals surface area contributed by atoms with Crippen LogP contribution in [0.25, 0.3) is 0 Å². The summed E-state index contributed by atoms with van der Waals surface area (Å²) in [4.78, 5) is 17.9. The number of hydrogen-bond acceptors (Lipinski definition) is 3. The van der Waals surface area contributed by atoms with Crippen LogP contribution in [0, 0.1) is 0 Å². The fourth-order valence-electron chi connectivity index (χ4n) is 1.77. The number of nitrogen functional groups attached to an aromatic ring is 1. The van der Waals surface area contributed by atoms with Crippen LogP contribution in [0.1, 0.15) is 15.9 Å². The van der Waals surface area contributed by atoms with Crippen molar-refractivity contribution in [3.05, 3.63) is 58.3 Å². The van der Waals surface area contributed by atoms with Crippen molar-refractivity contribution in [1.82, 2.24) is 9.88 Å². The minimum Gasteiger partial charge on any atom is -0.398 e. The third-order valence-corrected chi connectivity index (χ3v) is 3.23. The average Bonchev–Trinajstić information content (AvgIpc) is 2.39. The molecule has 0 fully saturated rings. The lowest BCUT2D eigenvalue weighted by atomic mass is 10.1. The quantitative estimate of drug-likeness (QED) is 0.885. The number of anilines is 1. The Morgan fingerprint density at radius 2 is 2.21 bits per heavy atom. The van der Waals surface area contributed by atoms with Gasteiger partial charge in [0.1, 0.15) is 0 Å². The molecule has 0 saturated carbocycles. The Balaban J connectivity index is 2.15. The van der Waals surface area contributed by atoms with Gasteiger partial charge in [-0.2, -0.15) is 0 Å². The van der Waals surface area contributed by atoms with Crippen molar-refractivity contribution in [1.29, 1.82) is 0 Å². The van der Waals surface area contributed by atoms with Crippen molar-refractivity contribution in [2.75, 3.05) is 12.8 Å². The highest BCUT2D eigenvalue weighted by atomic mass is 79.9. The van der Waals surface area contributed by atoms with Crippen LogP contribution in [-0.4, -0.2) is 22.8 Å². The topological polar surface area (TPSA) is 59.2 Å². The van der Waals surface area contributed by atoms with Crippen LogP contribution < -0.4 is 5.73 Å². The van der Waals surface area contributed by atoms with Crippen LogP contribution in [0.3, 0.4) is 0 Å². The fraction of sp³-hybridized carbons (Fsp3) is 0.143. The molecule has 2 aromatic rings. The summed E-state index contributed by atoms with van der Waals surface area (Å²) in [5, 5.41) is 0. The van der Waals surface area contributed by atoms with Gasteiger partial charge in [-0.25, -0.2) is 0 Å². The number of amides is 1. The molecule has 0 spiro atoms. The monoisotopic (exact) mass is 319 g/mol. The number of rotatable bonds is 3. The number of nitrogens with two attached hydrogens (primary N) is 1. The maximum atomic E-state index is 12.3. The maximum absolute atomic E-state index is 12.3. The Bertz CT molecular complexity index is 586. The molecule has 98 valence electrons. The van der Waals surface area contributed by atoms with Crippen molar-refractivity contribution in [3.8, 4) is 0 Å². The predicted molar refractivity (Wildman–Crippen MR) is 78.6 cm³/mol. The van der Waals surface area contributed by atoms with E-state index in [4.69, 9.17) is 5.73 Å². The van der Waals surface area contributed by atoms with E-state index in [1.807, 2.05) is 18.2 Å². The van der Waals surface area contributed by atoms with Gasteiger partial charge < -0.3 is 10.6 Å². The summed E-state index contributed by atoms with van der Waals surface area (Å²) < 4.78 is 0.858. The zero-order valence-corrected chi connectivity index (χ0v) is 12.1. The number of hydrogen-bond donors (Lipinski definition) is 1. The lowest BCUT2D eigenvalue weighted by Gasteiger charge is -2.18. The van der Waals surface area contributed by atoms with Gasteiger partial charge in [-0.1, -0.05) is 22.0 Å². The Morgan fingerprint density at radius 1 is 1.42 bits per heavy atom. The Labute approximate surface area is 120 Å². The zero-order chi connectivity index (χ0) is 13.8. The number of aromatic nitrogens is 1. The lowest BCUT2D eigenvalue weighted by molar-refractivity contribution is 0.0786. The maximum Gasteiger partial charge on any atom is 0.255 e. The summed E-state index contributed by atoms with van der Waals surface area (Å²) >= 11 is 3.32. The normalized spacial score (nSPS) is 10.2. The van der Waals surface area contributed by atoms with Gasteiger partial charge in [0.05, 0.1) is 5.56 Å². The Hall–Kier alpha value is -1.88. The fourth-order valence-corrected chi connectivity index (χ4v) is 2.15. The van der Waals surface area contributed by atoms with Crippen LogP contribution in [0.5, 0.6) is 0 Å². The molecule has 0 radical (unpaired) electrons. The third-order valence-electron chi connectivity index (χ3n) is 2.73. The molecule has 0 saturated heterocycles. The van der Waals surface area contributed by atoms with Crippen LogP contribution in [0.2, 0.25) is 0 Å². The first kappa shape index (κ1) is 13.5. The van der Waals surface area contributed by atoms with Gasteiger partial charge in [0.15, 0.2) is 0 Å². The average molecular weight is 320 g/mol. The first-order chi connectivity index (χ1) is 9.08. The van der Waals surface area contributed by atoms with E-state index in [-0.39, 0.29) is 5.91 Å². The van der Waals surface area contributed by atoms with Crippen molar-refractivity contribution in [2.45, 2.75) is 6.54 Å². The van der Waals surface area contributed by atoms with Crippen LogP contribution >= 0.6 is 15.9 Å². The molecule has 1 amide bonds. The van der Waals surface area contributed by atoms with E-state index >= 15 is 0 Å². The highest BCUT2D eigenvalue weighted by Gasteiger charge is 2.15. The summed E-state index contributed by atoms with van der Waals surface area (Å²) in [5.41, 5.74) is 7.82. The minimum absolute atomic E-state index is 0.103. The molecular formula is C14H14BrN3O. The Kier molecular flexibility index (Phi) is 4.16. The second-order valence-electron chi connectivity index (χ2n) is 4.25. The number of benzene rings is 1. The van der Waals surface area contributed by atoms with E-state index < -0.39 is 0 Å². The highest BCUT2D eigenvalue weighted by Crippen LogP contribution is 2.20. The molecule has 0 aliphatic carbocycles. The van der Waals surface area contributed by atoms with Gasteiger partial charge in [-0.3, -0.25) is 9.78 Å². The summed E-state index contributed by atoms with van der Waals surface area (Å²) in [6.45, 7) is 0.502. The van der Waals surface area contributed by atoms with Gasteiger partial charge in [-0.05, 0) is 29.8 Å². The van der Waals surface area contributed by atoms with Gasteiger partial charge in [0, 0.05) is 36.1 Å². The number of carbonyl (C=O) groups excluding carboxylic acids is 1. The summed E-state index contributed by atoms with van der Waals surface area (Å²) in [6, 6.07) is 9.04. The molecule has 1 heterocycles. The van der Waals surface area contributed by atoms with Gasteiger partial charge in [0.2, 0.25) is 0 Å². The molecule has 5 heteroatoms. The summed E-state index contributed by atoms with van der Waals surface area (Å²) in [5.74, 6) is -0.103. The van der Waals surface area contributed by atoms with Crippen LogP contribution in [-0.2, 0) is 6.54 Å². The molecular weight excluding hydrogens is 306 g/mol. The van der Waals surface area contributed by atoms with E-state index in [1.165, 1.54) is 0 Å². The summed E-state index contributed by atoms with van der Waals surface area (Å²) in [6.07, 6.45) is 3.45. The van der Waals surface area contributed by atoms with E-state index in [1.54, 1.807) is 36.5 Å². The SMILES string of the molecule is CN(Cc1cccnc1)C(=O)c1ccc(Br)cc1N. The Morgan fingerprint density at radius 3 is 2.84 bits per heavy atom. The molecule has 2 rings (SSSR count). The predicted octanol–water partition coefficient (Wildman–Crippen LogP) is 2.70. The molecule has 0 unspecified atom stereocenters. The standard InChI is InChI=1S/C14H14BrN3O/c1-18(9-10-3-2-6-17-8-10)14(19)12-5-4-11(15)7-13(12)16/h2-8H,9,16H2,1H3. The van der Waals surface area contributed by atoms with Gasteiger partial charge >= 0.3 is 0 Å². The van der Waals surface area contributed by atoms with E-state index in [0.717, 1.165) is 10.0 Å². The van der Waals surface area contributed by atoms with Gasteiger partial charge in [0.25, 0.3) is 5.91 Å². The van der Waals surface area contributed by atoms with Gasteiger partial charge in [-0.15, -0.1) is 0 Å². The molecule has 0 aliphatic heterocycles. The smallest absolute Gasteiger partial charge is 0.255 e. The van der Waals surface area contributed by atoms with Crippen LogP contribution in [0.4, 0.5) is 5.69 Å². The highest BCUT2D eigenvalue weighted by molar-refractivity contribution is 9.10. The zero-order valence-electron chi connectivity index (χ0n) is 10.5. The van der Waals surface area contributed by atoms with Crippen LogP contribution in [0.15, 0.2) is 47.2 Å². The molecule has 1 aromatic heterocycles. The van der Waals surface area contributed by atoms with Crippen molar-refractivity contribution in [2.24, 2.45) is 0 Å². The first-order valence-corrected chi connectivity index (χ1v) is 6.56. The lowest BCUT2D eigenvalue weighted by Crippen LogP contribution is -2.27. The largest absolute Gasteiger partial charge is 0.398 e. The van der Waals surface area contributed by atoms with E-state index in [2.05, 4.69) is 20.9 Å². The van der Waals surface area contributed by atoms with Crippen molar-refractivity contribution >= 4 is 27.5 Å². The summed E-state index contributed by atoms with van der Waals surface area (Å²) in [7, 11) is 1.75. The number of nitrogens with zero attached hydrogens (tertiary/aromatic N) is 2. The number of carbonyl (C=O) groups is 1.